The highest BCUT2D eigenvalue weighted by atomic mass is 32.1. The summed E-state index contributed by atoms with van der Waals surface area (Å²) in [5.74, 6) is 0. The molecule has 1 aromatic carbocycles. The van der Waals surface area contributed by atoms with Crippen LogP contribution in [0, 0.1) is 0 Å². The second-order valence-electron chi connectivity index (χ2n) is 5.41. The maximum atomic E-state index is 12.9. The van der Waals surface area contributed by atoms with Gasteiger partial charge in [0.1, 0.15) is 5.52 Å². The number of alkyl halides is 3. The van der Waals surface area contributed by atoms with Gasteiger partial charge in [0.25, 0.3) is 0 Å². The van der Waals surface area contributed by atoms with Crippen molar-refractivity contribution in [3.8, 4) is 11.1 Å². The molecule has 0 aliphatic heterocycles. The van der Waals surface area contributed by atoms with Crippen LogP contribution in [0.15, 0.2) is 48.1 Å². The fourth-order valence-electron chi connectivity index (χ4n) is 2.52. The predicted molar refractivity (Wildman–Crippen MR) is 87.0 cm³/mol. The molecule has 0 spiro atoms. The molecule has 0 atom stereocenters. The normalized spacial score (nSPS) is 12.0. The fourth-order valence-corrected chi connectivity index (χ4v) is 2.96. The molecule has 0 bridgehead atoms. The summed E-state index contributed by atoms with van der Waals surface area (Å²) < 4.78 is 44.3. The van der Waals surface area contributed by atoms with Gasteiger partial charge in [0.15, 0.2) is 0 Å². The van der Waals surface area contributed by atoms with Crippen molar-refractivity contribution >= 4 is 22.6 Å². The number of pyridine rings is 1. The van der Waals surface area contributed by atoms with Crippen LogP contribution in [0.3, 0.4) is 0 Å². The van der Waals surface area contributed by atoms with Gasteiger partial charge in [0.2, 0.25) is 0 Å². The Morgan fingerprint density at radius 2 is 1.96 bits per heavy atom. The Labute approximate surface area is 143 Å². The Balaban J connectivity index is 1.76. The third-order valence-corrected chi connectivity index (χ3v) is 4.29. The topological polar surface area (TPSA) is 56.5 Å². The summed E-state index contributed by atoms with van der Waals surface area (Å²) in [7, 11) is 0. The predicted octanol–water partition coefficient (Wildman–Crippen LogP) is 4.02. The van der Waals surface area contributed by atoms with Crippen LogP contribution in [-0.4, -0.2) is 24.4 Å². The molecule has 4 aromatic rings. The smallest absolute Gasteiger partial charge is 0.257 e. The van der Waals surface area contributed by atoms with Crippen LogP contribution in [0.25, 0.3) is 22.2 Å². The molecule has 0 fully saturated rings. The Bertz CT molecular complexity index is 1020. The first-order valence-electron chi connectivity index (χ1n) is 7.26. The first-order valence-corrected chi connectivity index (χ1v) is 8.09. The molecule has 0 aliphatic carbocycles. The molecule has 0 saturated carbocycles. The van der Waals surface area contributed by atoms with Gasteiger partial charge in [-0.2, -0.15) is 18.3 Å². The summed E-state index contributed by atoms with van der Waals surface area (Å²) in [6.45, 7) is 0.424. The van der Waals surface area contributed by atoms with Gasteiger partial charge in [-0.1, -0.05) is 16.6 Å². The molecule has 0 saturated heterocycles. The van der Waals surface area contributed by atoms with Crippen molar-refractivity contribution in [3.05, 3.63) is 59.4 Å². The third kappa shape index (κ3) is 3.10. The van der Waals surface area contributed by atoms with E-state index in [1.165, 1.54) is 17.6 Å². The quantitative estimate of drug-likeness (QED) is 0.553. The molecule has 126 valence electrons. The third-order valence-electron chi connectivity index (χ3n) is 3.74. The van der Waals surface area contributed by atoms with Crippen LogP contribution in [-0.2, 0) is 12.7 Å². The summed E-state index contributed by atoms with van der Waals surface area (Å²) in [5, 5.41) is 10.1. The molecular weight excluding hydrogens is 351 g/mol. The van der Waals surface area contributed by atoms with Gasteiger partial charge in [-0.15, -0.1) is 5.10 Å². The Kier molecular flexibility index (Phi) is 3.72. The number of hydrogen-bond donors (Lipinski definition) is 0. The van der Waals surface area contributed by atoms with Crippen molar-refractivity contribution in [1.29, 1.82) is 0 Å². The maximum absolute atomic E-state index is 12.9. The van der Waals surface area contributed by atoms with E-state index in [0.29, 0.717) is 23.2 Å². The monoisotopic (exact) mass is 361 g/mol. The van der Waals surface area contributed by atoms with Crippen molar-refractivity contribution in [2.45, 2.75) is 12.7 Å². The van der Waals surface area contributed by atoms with E-state index in [2.05, 4.69) is 19.7 Å². The van der Waals surface area contributed by atoms with Gasteiger partial charge in [-0.3, -0.25) is 9.67 Å². The van der Waals surface area contributed by atoms with E-state index in [-0.39, 0.29) is 0 Å². The van der Waals surface area contributed by atoms with E-state index in [9.17, 15) is 13.2 Å². The van der Waals surface area contributed by atoms with Crippen molar-refractivity contribution in [2.75, 3.05) is 0 Å². The summed E-state index contributed by atoms with van der Waals surface area (Å²) in [5.41, 5.74) is 2.51. The minimum atomic E-state index is -4.38. The Morgan fingerprint density at radius 3 is 2.72 bits per heavy atom. The van der Waals surface area contributed by atoms with Crippen LogP contribution < -0.4 is 0 Å². The van der Waals surface area contributed by atoms with Gasteiger partial charge in [0, 0.05) is 17.1 Å². The zero-order chi connectivity index (χ0) is 17.4. The van der Waals surface area contributed by atoms with E-state index in [1.54, 1.807) is 29.2 Å². The maximum Gasteiger partial charge on any atom is 0.416 e. The molecule has 25 heavy (non-hydrogen) atoms. The summed E-state index contributed by atoms with van der Waals surface area (Å²) in [6, 6.07) is 6.97. The molecule has 9 heteroatoms. The Hall–Kier alpha value is -2.81. The molecule has 0 aliphatic rings. The number of aromatic nitrogens is 5. The molecule has 0 unspecified atom stereocenters. The lowest BCUT2D eigenvalue weighted by Crippen LogP contribution is -2.04. The van der Waals surface area contributed by atoms with Gasteiger partial charge >= 0.3 is 6.18 Å². The largest absolute Gasteiger partial charge is 0.416 e. The minimum Gasteiger partial charge on any atom is -0.257 e. The van der Waals surface area contributed by atoms with E-state index in [4.69, 9.17) is 0 Å². The highest BCUT2D eigenvalue weighted by Gasteiger charge is 2.30. The number of benzene rings is 1. The fraction of sp³-hybridized carbons (Fsp3) is 0.125. The van der Waals surface area contributed by atoms with Crippen LogP contribution in [0.2, 0.25) is 0 Å². The van der Waals surface area contributed by atoms with Crippen molar-refractivity contribution < 1.29 is 13.2 Å². The highest BCUT2D eigenvalue weighted by molar-refractivity contribution is 7.03. The van der Waals surface area contributed by atoms with E-state index in [0.717, 1.165) is 23.3 Å². The number of halogens is 3. The second kappa shape index (κ2) is 5.92. The Morgan fingerprint density at radius 1 is 1.08 bits per heavy atom. The lowest BCUT2D eigenvalue weighted by atomic mass is 10.0. The van der Waals surface area contributed by atoms with E-state index < -0.39 is 11.7 Å². The lowest BCUT2D eigenvalue weighted by molar-refractivity contribution is -0.137. The van der Waals surface area contributed by atoms with Gasteiger partial charge in [0.05, 0.1) is 29.5 Å². The first kappa shape index (κ1) is 15.7. The average molecular weight is 361 g/mol. The summed E-state index contributed by atoms with van der Waals surface area (Å²) in [4.78, 5) is 4.30. The highest BCUT2D eigenvalue weighted by Crippen LogP contribution is 2.32. The molecule has 5 nitrogen and oxygen atoms in total. The van der Waals surface area contributed by atoms with Gasteiger partial charge in [-0.25, -0.2) is 0 Å². The summed E-state index contributed by atoms with van der Waals surface area (Å²) in [6.07, 6.45) is -1.22. The number of nitrogens with zero attached hydrogens (tertiary/aromatic N) is 5. The van der Waals surface area contributed by atoms with Crippen molar-refractivity contribution in [1.82, 2.24) is 24.4 Å². The van der Waals surface area contributed by atoms with E-state index in [1.807, 2.05) is 5.38 Å². The molecule has 0 N–H and O–H groups in total. The number of fused-ring (bicyclic) bond motifs is 1. The molecule has 3 heterocycles. The molecule has 4 rings (SSSR count). The molecular formula is C16H10F3N5S. The number of rotatable bonds is 3. The lowest BCUT2D eigenvalue weighted by Gasteiger charge is -2.09. The zero-order valence-corrected chi connectivity index (χ0v) is 13.4. The first-order chi connectivity index (χ1) is 12.0. The minimum absolute atomic E-state index is 0.424. The van der Waals surface area contributed by atoms with Gasteiger partial charge in [-0.05, 0) is 35.3 Å². The van der Waals surface area contributed by atoms with E-state index >= 15 is 0 Å². The zero-order valence-electron chi connectivity index (χ0n) is 12.6. The number of hydrogen-bond acceptors (Lipinski definition) is 5. The van der Waals surface area contributed by atoms with Crippen LogP contribution in [0.1, 0.15) is 11.3 Å². The summed E-state index contributed by atoms with van der Waals surface area (Å²) >= 11 is 1.25. The van der Waals surface area contributed by atoms with Crippen molar-refractivity contribution in [3.63, 3.8) is 0 Å². The van der Waals surface area contributed by atoms with Crippen molar-refractivity contribution in [2.24, 2.45) is 0 Å². The van der Waals surface area contributed by atoms with Crippen LogP contribution in [0.4, 0.5) is 13.2 Å². The van der Waals surface area contributed by atoms with Gasteiger partial charge < -0.3 is 0 Å². The SMILES string of the molecule is FC(F)(F)c1cccc(-c2cnc3cnn(Cc4csnn4)c3c2)c1. The standard InChI is InChI=1S/C16H10F3N5S/c17-16(18,19)12-3-1-2-10(4-12)11-5-15-14(20-6-11)7-21-24(15)8-13-9-25-23-22-13/h1-7,9H,8H2. The second-order valence-corrected chi connectivity index (χ2v) is 6.02. The average Bonchev–Trinajstić information content (AvgIpc) is 3.24. The molecule has 3 aromatic heterocycles. The van der Waals surface area contributed by atoms with Crippen LogP contribution >= 0.6 is 11.5 Å². The molecule has 0 radical (unpaired) electrons. The van der Waals surface area contributed by atoms with Crippen LogP contribution in [0.5, 0.6) is 0 Å². The molecule has 0 amide bonds.